The quantitative estimate of drug-likeness (QED) is 0.662. The molecule has 1 rings (SSSR count). The van der Waals surface area contributed by atoms with Gasteiger partial charge < -0.3 is 0 Å². The summed E-state index contributed by atoms with van der Waals surface area (Å²) in [5, 5.41) is 0. The molecule has 0 atom stereocenters. The molecule has 0 aromatic heterocycles. The van der Waals surface area contributed by atoms with E-state index in [1.807, 2.05) is 13.0 Å². The van der Waals surface area contributed by atoms with E-state index < -0.39 is 0 Å². The number of hydrogen-bond acceptors (Lipinski definition) is 0. The molecule has 0 radical (unpaired) electrons. The largest absolute Gasteiger partial charge is 0.0871 e. The summed E-state index contributed by atoms with van der Waals surface area (Å²) in [6.07, 6.45) is 4.16. The van der Waals surface area contributed by atoms with Gasteiger partial charge in [-0.15, -0.1) is 0 Å². The second-order valence-electron chi connectivity index (χ2n) is 2.45. The molecular formula is C10H11Br. The van der Waals surface area contributed by atoms with Gasteiger partial charge in [0.05, 0.1) is 0 Å². The van der Waals surface area contributed by atoms with Gasteiger partial charge in [-0.2, -0.15) is 0 Å². The van der Waals surface area contributed by atoms with Crippen LogP contribution in [-0.4, -0.2) is 0 Å². The van der Waals surface area contributed by atoms with Crippen molar-refractivity contribution in [3.05, 3.63) is 39.9 Å². The fourth-order valence-corrected chi connectivity index (χ4v) is 1.37. The van der Waals surface area contributed by atoms with E-state index in [-0.39, 0.29) is 0 Å². The van der Waals surface area contributed by atoms with Gasteiger partial charge in [-0.1, -0.05) is 40.2 Å². The Hall–Kier alpha value is -0.560. The summed E-state index contributed by atoms with van der Waals surface area (Å²) in [5.74, 6) is 0. The molecule has 0 heterocycles. The molecule has 1 heteroatoms. The molecule has 0 spiro atoms. The van der Waals surface area contributed by atoms with Crippen molar-refractivity contribution in [3.8, 4) is 0 Å². The highest BCUT2D eigenvalue weighted by atomic mass is 79.9. The van der Waals surface area contributed by atoms with Crippen LogP contribution >= 0.6 is 15.9 Å². The Morgan fingerprint density at radius 2 is 2.09 bits per heavy atom. The van der Waals surface area contributed by atoms with E-state index in [4.69, 9.17) is 0 Å². The van der Waals surface area contributed by atoms with E-state index in [1.165, 1.54) is 15.6 Å². The maximum atomic E-state index is 3.48. The first-order valence-electron chi connectivity index (χ1n) is 3.63. The van der Waals surface area contributed by atoms with Crippen molar-refractivity contribution in [1.82, 2.24) is 0 Å². The van der Waals surface area contributed by atoms with E-state index >= 15 is 0 Å². The second-order valence-corrected chi connectivity index (χ2v) is 3.31. The molecule has 0 nitrogen and oxygen atoms in total. The number of allylic oxidation sites excluding steroid dienone is 1. The summed E-state index contributed by atoms with van der Waals surface area (Å²) in [5.41, 5.74) is 2.58. The zero-order valence-electron chi connectivity index (χ0n) is 6.76. The van der Waals surface area contributed by atoms with Crippen LogP contribution in [0.1, 0.15) is 18.1 Å². The molecule has 0 unspecified atom stereocenters. The molecule has 58 valence electrons. The fraction of sp³-hybridized carbons (Fsp3) is 0.200. The minimum absolute atomic E-state index is 1.17. The Kier molecular flexibility index (Phi) is 2.89. The molecule has 0 fully saturated rings. The van der Waals surface area contributed by atoms with Crippen molar-refractivity contribution in [2.45, 2.75) is 13.8 Å². The molecular weight excluding hydrogens is 200 g/mol. The number of halogens is 1. The number of rotatable bonds is 1. The molecule has 0 aliphatic carbocycles. The van der Waals surface area contributed by atoms with Crippen LogP contribution in [0.4, 0.5) is 0 Å². The summed E-state index contributed by atoms with van der Waals surface area (Å²) < 4.78 is 1.17. The van der Waals surface area contributed by atoms with Crippen molar-refractivity contribution >= 4 is 22.0 Å². The molecule has 1 aromatic carbocycles. The van der Waals surface area contributed by atoms with E-state index in [2.05, 4.69) is 47.1 Å². The molecule has 0 aliphatic heterocycles. The topological polar surface area (TPSA) is 0 Å². The normalized spacial score (nSPS) is 10.8. The zero-order valence-corrected chi connectivity index (χ0v) is 8.35. The first-order chi connectivity index (χ1) is 5.25. The van der Waals surface area contributed by atoms with Gasteiger partial charge in [0.2, 0.25) is 0 Å². The van der Waals surface area contributed by atoms with Gasteiger partial charge in [-0.05, 0) is 31.0 Å². The summed E-state index contributed by atoms with van der Waals surface area (Å²) >= 11 is 3.48. The summed E-state index contributed by atoms with van der Waals surface area (Å²) in [6.45, 7) is 4.14. The van der Waals surface area contributed by atoms with Crippen LogP contribution in [0.2, 0.25) is 0 Å². The molecule has 0 bridgehead atoms. The lowest BCUT2D eigenvalue weighted by molar-refractivity contribution is 1.40. The van der Waals surface area contributed by atoms with E-state index in [0.29, 0.717) is 0 Å². The first-order valence-corrected chi connectivity index (χ1v) is 4.43. The van der Waals surface area contributed by atoms with Gasteiger partial charge >= 0.3 is 0 Å². The Balaban J connectivity index is 3.16. The molecule has 11 heavy (non-hydrogen) atoms. The van der Waals surface area contributed by atoms with Crippen molar-refractivity contribution in [3.63, 3.8) is 0 Å². The van der Waals surface area contributed by atoms with Crippen molar-refractivity contribution < 1.29 is 0 Å². The van der Waals surface area contributed by atoms with Gasteiger partial charge in [0.25, 0.3) is 0 Å². The van der Waals surface area contributed by atoms with Gasteiger partial charge in [-0.3, -0.25) is 0 Å². The third-order valence-corrected chi connectivity index (χ3v) is 2.51. The molecule has 0 N–H and O–H groups in total. The minimum atomic E-state index is 1.17. The standard InChI is InChI=1S/C10H11Br/c1-3-5-9-6-4-7-10(11)8(9)2/h3-7H,1-2H3/b5-3-. The Bertz CT molecular complexity index is 274. The molecule has 0 aliphatic rings. The third kappa shape index (κ3) is 1.93. The van der Waals surface area contributed by atoms with Gasteiger partial charge in [0.15, 0.2) is 0 Å². The average Bonchev–Trinajstić information content (AvgIpc) is 1.99. The Morgan fingerprint density at radius 1 is 1.36 bits per heavy atom. The molecule has 0 saturated heterocycles. The predicted octanol–water partition coefficient (Wildman–Crippen LogP) is 3.79. The average molecular weight is 211 g/mol. The summed E-state index contributed by atoms with van der Waals surface area (Å²) in [7, 11) is 0. The van der Waals surface area contributed by atoms with E-state index in [1.54, 1.807) is 0 Å². The van der Waals surface area contributed by atoms with Gasteiger partial charge in [-0.25, -0.2) is 0 Å². The lowest BCUT2D eigenvalue weighted by atomic mass is 10.1. The zero-order chi connectivity index (χ0) is 8.27. The molecule has 0 saturated carbocycles. The van der Waals surface area contributed by atoms with Gasteiger partial charge in [0.1, 0.15) is 0 Å². The van der Waals surface area contributed by atoms with Crippen LogP contribution in [0.25, 0.3) is 6.08 Å². The summed E-state index contributed by atoms with van der Waals surface area (Å²) in [6, 6.07) is 6.22. The lowest BCUT2D eigenvalue weighted by Crippen LogP contribution is -1.80. The van der Waals surface area contributed by atoms with Crippen LogP contribution in [0, 0.1) is 6.92 Å². The highest BCUT2D eigenvalue weighted by molar-refractivity contribution is 9.10. The number of benzene rings is 1. The molecule has 0 amide bonds. The third-order valence-electron chi connectivity index (χ3n) is 1.66. The maximum Gasteiger partial charge on any atom is 0.0210 e. The predicted molar refractivity (Wildman–Crippen MR) is 53.6 cm³/mol. The minimum Gasteiger partial charge on any atom is -0.0871 e. The monoisotopic (exact) mass is 210 g/mol. The number of hydrogen-bond donors (Lipinski definition) is 0. The Morgan fingerprint density at radius 3 is 2.73 bits per heavy atom. The smallest absolute Gasteiger partial charge is 0.0210 e. The van der Waals surface area contributed by atoms with E-state index in [0.717, 1.165) is 0 Å². The first kappa shape index (κ1) is 8.54. The lowest BCUT2D eigenvalue weighted by Gasteiger charge is -2.01. The Labute approximate surface area is 76.1 Å². The van der Waals surface area contributed by atoms with E-state index in [9.17, 15) is 0 Å². The van der Waals surface area contributed by atoms with Crippen LogP contribution < -0.4 is 0 Å². The van der Waals surface area contributed by atoms with Crippen molar-refractivity contribution in [1.29, 1.82) is 0 Å². The van der Waals surface area contributed by atoms with Crippen LogP contribution in [0.3, 0.4) is 0 Å². The second kappa shape index (κ2) is 3.72. The van der Waals surface area contributed by atoms with Crippen LogP contribution in [-0.2, 0) is 0 Å². The maximum absolute atomic E-state index is 3.48. The van der Waals surface area contributed by atoms with Gasteiger partial charge in [0, 0.05) is 4.47 Å². The van der Waals surface area contributed by atoms with Crippen molar-refractivity contribution in [2.24, 2.45) is 0 Å². The SMILES string of the molecule is C/C=C\c1cccc(Br)c1C. The van der Waals surface area contributed by atoms with Crippen LogP contribution in [0.5, 0.6) is 0 Å². The summed E-state index contributed by atoms with van der Waals surface area (Å²) in [4.78, 5) is 0. The fourth-order valence-electron chi connectivity index (χ4n) is 0.984. The van der Waals surface area contributed by atoms with Crippen LogP contribution in [0.15, 0.2) is 28.7 Å². The molecule has 1 aromatic rings. The van der Waals surface area contributed by atoms with Crippen molar-refractivity contribution in [2.75, 3.05) is 0 Å². The highest BCUT2D eigenvalue weighted by Crippen LogP contribution is 2.20. The highest BCUT2D eigenvalue weighted by Gasteiger charge is 1.96.